The highest BCUT2D eigenvalue weighted by Gasteiger charge is 2.15. The van der Waals surface area contributed by atoms with Crippen LogP contribution in [0, 0.1) is 12.7 Å². The Labute approximate surface area is 199 Å². The first kappa shape index (κ1) is 23.2. The summed E-state index contributed by atoms with van der Waals surface area (Å²) in [6.07, 6.45) is 2.37. The van der Waals surface area contributed by atoms with Gasteiger partial charge in [-0.15, -0.1) is 11.3 Å². The summed E-state index contributed by atoms with van der Waals surface area (Å²) in [5, 5.41) is 5.48. The van der Waals surface area contributed by atoms with Crippen molar-refractivity contribution in [1.29, 1.82) is 0 Å². The molecule has 0 radical (unpaired) electrons. The lowest BCUT2D eigenvalue weighted by Gasteiger charge is -2.12. The fourth-order valence-electron chi connectivity index (χ4n) is 3.22. The largest absolute Gasteiger partial charge is 0.513 e. The molecule has 0 aliphatic heterocycles. The summed E-state index contributed by atoms with van der Waals surface area (Å²) < 4.78 is 30.3. The Kier molecular flexibility index (Phi) is 7.03. The number of fused-ring (bicyclic) bond motifs is 1. The number of hydrogen-bond donors (Lipinski definition) is 1. The molecule has 0 bridgehead atoms. The predicted molar refractivity (Wildman–Crippen MR) is 127 cm³/mol. The van der Waals surface area contributed by atoms with Gasteiger partial charge in [0, 0.05) is 34.5 Å². The SMILES string of the molecule is CCOC(=O)Oc1cncc2c(COc3cc(NC(=O)c4cccc(F)c4)ccc3C)csc12. The number of ether oxygens (including phenoxy) is 3. The zero-order chi connectivity index (χ0) is 24.1. The zero-order valence-corrected chi connectivity index (χ0v) is 19.3. The van der Waals surface area contributed by atoms with E-state index >= 15 is 0 Å². The quantitative estimate of drug-likeness (QED) is 0.321. The lowest BCUT2D eigenvalue weighted by atomic mass is 10.1. The van der Waals surface area contributed by atoms with Gasteiger partial charge in [0.25, 0.3) is 5.91 Å². The first-order valence-corrected chi connectivity index (χ1v) is 11.3. The maximum absolute atomic E-state index is 13.4. The summed E-state index contributed by atoms with van der Waals surface area (Å²) in [7, 11) is 0. The second kappa shape index (κ2) is 10.3. The van der Waals surface area contributed by atoms with Crippen molar-refractivity contribution in [3.63, 3.8) is 0 Å². The summed E-state index contributed by atoms with van der Waals surface area (Å²) in [6, 6.07) is 10.8. The van der Waals surface area contributed by atoms with Crippen LogP contribution < -0.4 is 14.8 Å². The molecule has 0 fully saturated rings. The molecule has 2 heterocycles. The maximum Gasteiger partial charge on any atom is 0.513 e. The number of pyridine rings is 1. The number of nitrogens with zero attached hydrogens (tertiary/aromatic N) is 1. The molecule has 2 aromatic heterocycles. The van der Waals surface area contributed by atoms with Gasteiger partial charge in [-0.3, -0.25) is 9.78 Å². The van der Waals surface area contributed by atoms with Crippen molar-refractivity contribution in [3.05, 3.63) is 82.7 Å². The molecule has 0 aliphatic rings. The fraction of sp³-hybridized carbons (Fsp3) is 0.160. The van der Waals surface area contributed by atoms with Gasteiger partial charge in [0.1, 0.15) is 18.2 Å². The van der Waals surface area contributed by atoms with Gasteiger partial charge < -0.3 is 19.5 Å². The smallest absolute Gasteiger partial charge is 0.489 e. The van der Waals surface area contributed by atoms with Gasteiger partial charge in [-0.2, -0.15) is 0 Å². The number of aromatic nitrogens is 1. The topological polar surface area (TPSA) is 86.8 Å². The second-order valence-corrected chi connectivity index (χ2v) is 8.17. The van der Waals surface area contributed by atoms with Crippen LogP contribution in [0.1, 0.15) is 28.4 Å². The summed E-state index contributed by atoms with van der Waals surface area (Å²) in [5.74, 6) is 0.0147. The van der Waals surface area contributed by atoms with E-state index in [9.17, 15) is 14.0 Å². The molecule has 1 N–H and O–H groups in total. The van der Waals surface area contributed by atoms with E-state index in [1.54, 1.807) is 31.3 Å². The second-order valence-electron chi connectivity index (χ2n) is 7.29. The van der Waals surface area contributed by atoms with Crippen LogP contribution >= 0.6 is 11.3 Å². The monoisotopic (exact) mass is 480 g/mol. The van der Waals surface area contributed by atoms with E-state index in [0.29, 0.717) is 17.2 Å². The Morgan fingerprint density at radius 1 is 1.12 bits per heavy atom. The number of aryl methyl sites for hydroxylation is 1. The summed E-state index contributed by atoms with van der Waals surface area (Å²) in [6.45, 7) is 4.05. The molecule has 0 spiro atoms. The predicted octanol–water partition coefficient (Wildman–Crippen LogP) is 6.11. The third-order valence-electron chi connectivity index (χ3n) is 4.90. The Balaban J connectivity index is 1.48. The van der Waals surface area contributed by atoms with Gasteiger partial charge >= 0.3 is 6.16 Å². The first-order chi connectivity index (χ1) is 16.4. The third kappa shape index (κ3) is 5.32. The Hall–Kier alpha value is -3.98. The molecule has 7 nitrogen and oxygen atoms in total. The van der Waals surface area contributed by atoms with E-state index in [-0.39, 0.29) is 18.8 Å². The van der Waals surface area contributed by atoms with Gasteiger partial charge in [0.15, 0.2) is 5.75 Å². The van der Waals surface area contributed by atoms with Crippen LogP contribution in [-0.4, -0.2) is 23.7 Å². The number of anilines is 1. The molecule has 174 valence electrons. The Bertz CT molecular complexity index is 1350. The number of carbonyl (C=O) groups excluding carboxylic acids is 2. The van der Waals surface area contributed by atoms with Crippen LogP contribution in [0.2, 0.25) is 0 Å². The summed E-state index contributed by atoms with van der Waals surface area (Å²) in [4.78, 5) is 28.3. The average molecular weight is 481 g/mol. The number of halogens is 1. The molecule has 0 unspecified atom stereocenters. The van der Waals surface area contributed by atoms with Crippen LogP contribution in [-0.2, 0) is 11.3 Å². The Morgan fingerprint density at radius 2 is 1.97 bits per heavy atom. The number of benzene rings is 2. The van der Waals surface area contributed by atoms with E-state index in [0.717, 1.165) is 21.2 Å². The van der Waals surface area contributed by atoms with Crippen molar-refractivity contribution >= 4 is 39.2 Å². The van der Waals surface area contributed by atoms with Gasteiger partial charge in [-0.1, -0.05) is 12.1 Å². The number of rotatable bonds is 7. The van der Waals surface area contributed by atoms with Crippen LogP contribution in [0.5, 0.6) is 11.5 Å². The highest BCUT2D eigenvalue weighted by molar-refractivity contribution is 7.17. The summed E-state index contributed by atoms with van der Waals surface area (Å²) >= 11 is 1.41. The van der Waals surface area contributed by atoms with Gasteiger partial charge in [-0.05, 0) is 49.1 Å². The minimum Gasteiger partial charge on any atom is -0.489 e. The number of nitrogens with one attached hydrogen (secondary N) is 1. The lowest BCUT2D eigenvalue weighted by Crippen LogP contribution is -2.12. The van der Waals surface area contributed by atoms with Crippen molar-refractivity contribution in [2.45, 2.75) is 20.5 Å². The van der Waals surface area contributed by atoms with E-state index in [1.807, 2.05) is 18.4 Å². The number of hydrogen-bond acceptors (Lipinski definition) is 7. The van der Waals surface area contributed by atoms with Crippen LogP contribution in [0.3, 0.4) is 0 Å². The van der Waals surface area contributed by atoms with Crippen molar-refractivity contribution in [1.82, 2.24) is 4.98 Å². The molecule has 0 atom stereocenters. The lowest BCUT2D eigenvalue weighted by molar-refractivity contribution is 0.102. The summed E-state index contributed by atoms with van der Waals surface area (Å²) in [5.41, 5.74) is 2.50. The number of amides is 1. The van der Waals surface area contributed by atoms with Crippen LogP contribution in [0.4, 0.5) is 14.9 Å². The van der Waals surface area contributed by atoms with E-state index < -0.39 is 17.9 Å². The molecule has 4 aromatic rings. The van der Waals surface area contributed by atoms with Crippen LogP contribution in [0.15, 0.2) is 60.2 Å². The molecule has 0 saturated carbocycles. The minimum absolute atomic E-state index is 0.215. The van der Waals surface area contributed by atoms with E-state index in [1.165, 1.54) is 35.7 Å². The highest BCUT2D eigenvalue weighted by Crippen LogP contribution is 2.34. The van der Waals surface area contributed by atoms with Gasteiger partial charge in [0.2, 0.25) is 0 Å². The van der Waals surface area contributed by atoms with E-state index in [4.69, 9.17) is 14.2 Å². The van der Waals surface area contributed by atoms with E-state index in [2.05, 4.69) is 10.3 Å². The van der Waals surface area contributed by atoms with Crippen LogP contribution in [0.25, 0.3) is 10.1 Å². The number of thiophene rings is 1. The molecule has 9 heteroatoms. The molecular weight excluding hydrogens is 459 g/mol. The van der Waals surface area contributed by atoms with Crippen molar-refractivity contribution in [3.8, 4) is 11.5 Å². The zero-order valence-electron chi connectivity index (χ0n) is 18.5. The van der Waals surface area contributed by atoms with Crippen molar-refractivity contribution < 1.29 is 28.2 Å². The maximum atomic E-state index is 13.4. The third-order valence-corrected chi connectivity index (χ3v) is 5.96. The molecule has 1 amide bonds. The normalized spacial score (nSPS) is 10.7. The van der Waals surface area contributed by atoms with Crippen molar-refractivity contribution in [2.24, 2.45) is 0 Å². The molecular formula is C25H21FN2O5S. The van der Waals surface area contributed by atoms with Crippen molar-refractivity contribution in [2.75, 3.05) is 11.9 Å². The molecule has 0 aliphatic carbocycles. The minimum atomic E-state index is -0.782. The molecule has 4 rings (SSSR count). The standard InChI is InChI=1S/C25H21FN2O5S/c1-3-31-25(30)33-22-12-27-11-20-17(14-34-23(20)22)13-32-21-10-19(8-7-15(21)2)28-24(29)16-5-4-6-18(26)9-16/h4-12,14H,3,13H2,1-2H3,(H,28,29). The molecule has 2 aromatic carbocycles. The Morgan fingerprint density at radius 3 is 2.76 bits per heavy atom. The fourth-order valence-corrected chi connectivity index (χ4v) is 4.19. The number of carbonyl (C=O) groups is 2. The molecule has 0 saturated heterocycles. The molecule has 34 heavy (non-hydrogen) atoms. The highest BCUT2D eigenvalue weighted by atomic mass is 32.1. The first-order valence-electron chi connectivity index (χ1n) is 10.4. The average Bonchev–Trinajstić information content (AvgIpc) is 3.23. The van der Waals surface area contributed by atoms with Gasteiger partial charge in [0.05, 0.1) is 17.5 Å². The van der Waals surface area contributed by atoms with Gasteiger partial charge in [-0.25, -0.2) is 9.18 Å².